The monoisotopic (exact) mass is 285 g/mol. The predicted octanol–water partition coefficient (Wildman–Crippen LogP) is 1.99. The summed E-state index contributed by atoms with van der Waals surface area (Å²) in [6.45, 7) is 3.71. The van der Waals surface area contributed by atoms with E-state index in [0.29, 0.717) is 17.2 Å². The molecule has 1 amide bonds. The molecule has 0 saturated carbocycles. The number of nitrogens with two attached hydrogens (primary N) is 1. The highest BCUT2D eigenvalue weighted by Crippen LogP contribution is 2.22. The molecule has 2 aromatic rings. The second-order valence-electron chi connectivity index (χ2n) is 5.10. The van der Waals surface area contributed by atoms with Crippen LogP contribution in [0, 0.1) is 13.8 Å². The van der Waals surface area contributed by atoms with Crippen molar-refractivity contribution in [2.75, 3.05) is 30.0 Å². The lowest BCUT2D eigenvalue weighted by molar-refractivity contribution is 0.102. The number of nitrogens with zero attached hydrogens (tertiary/aromatic N) is 3. The van der Waals surface area contributed by atoms with Crippen molar-refractivity contribution in [2.45, 2.75) is 13.8 Å². The van der Waals surface area contributed by atoms with Gasteiger partial charge in [0.15, 0.2) is 0 Å². The Labute approximate surface area is 124 Å². The van der Waals surface area contributed by atoms with E-state index in [4.69, 9.17) is 5.73 Å². The van der Waals surface area contributed by atoms with Gasteiger partial charge in [0.2, 0.25) is 5.95 Å². The number of carbonyl (C=O) groups is 1. The molecule has 6 heteroatoms. The first-order valence-electron chi connectivity index (χ1n) is 6.57. The van der Waals surface area contributed by atoms with Crippen LogP contribution in [-0.4, -0.2) is 30.0 Å². The normalized spacial score (nSPS) is 10.3. The summed E-state index contributed by atoms with van der Waals surface area (Å²) in [6.07, 6.45) is 0. The molecule has 0 bridgehead atoms. The number of carbonyl (C=O) groups excluding carboxylic acids is 1. The van der Waals surface area contributed by atoms with Gasteiger partial charge < -0.3 is 10.6 Å². The van der Waals surface area contributed by atoms with Gasteiger partial charge in [-0.2, -0.15) is 0 Å². The van der Waals surface area contributed by atoms with Crippen molar-refractivity contribution in [1.82, 2.24) is 9.97 Å². The Morgan fingerprint density at radius 3 is 2.29 bits per heavy atom. The quantitative estimate of drug-likeness (QED) is 0.843. The number of benzene rings is 1. The molecule has 0 spiro atoms. The average molecular weight is 285 g/mol. The van der Waals surface area contributed by atoms with E-state index in [9.17, 15) is 4.79 Å². The molecule has 0 aliphatic heterocycles. The molecule has 0 unspecified atom stereocenters. The summed E-state index contributed by atoms with van der Waals surface area (Å²) in [7, 11) is 3.80. The van der Waals surface area contributed by atoms with Crippen molar-refractivity contribution in [2.24, 2.45) is 0 Å². The van der Waals surface area contributed by atoms with E-state index in [1.807, 2.05) is 45.0 Å². The van der Waals surface area contributed by atoms with Crippen molar-refractivity contribution < 1.29 is 4.79 Å². The Kier molecular flexibility index (Phi) is 4.07. The number of aryl methyl sites for hydroxylation is 2. The largest absolute Gasteiger partial charge is 0.397 e. The lowest BCUT2D eigenvalue weighted by Crippen LogP contribution is -2.16. The molecule has 0 atom stereocenters. The summed E-state index contributed by atoms with van der Waals surface area (Å²) in [4.78, 5) is 22.5. The molecule has 1 aromatic heterocycles. The highest BCUT2D eigenvalue weighted by Gasteiger charge is 2.11. The summed E-state index contributed by atoms with van der Waals surface area (Å²) in [6, 6.07) is 7.03. The van der Waals surface area contributed by atoms with Gasteiger partial charge in [-0.05, 0) is 38.1 Å². The van der Waals surface area contributed by atoms with Gasteiger partial charge in [0.1, 0.15) is 0 Å². The zero-order valence-electron chi connectivity index (χ0n) is 12.6. The molecule has 1 aromatic carbocycles. The Bertz CT molecular complexity index is 662. The molecule has 6 nitrogen and oxygen atoms in total. The number of aromatic nitrogens is 2. The third-order valence-corrected chi connectivity index (χ3v) is 2.98. The van der Waals surface area contributed by atoms with Crippen molar-refractivity contribution in [1.29, 1.82) is 0 Å². The Balaban J connectivity index is 2.22. The second kappa shape index (κ2) is 5.78. The smallest absolute Gasteiger partial charge is 0.258 e. The van der Waals surface area contributed by atoms with Crippen LogP contribution in [0.2, 0.25) is 0 Å². The molecular formula is C15H19N5O. The number of rotatable bonds is 3. The number of nitrogens with one attached hydrogen (secondary N) is 1. The van der Waals surface area contributed by atoms with Crippen molar-refractivity contribution in [3.8, 4) is 0 Å². The summed E-state index contributed by atoms with van der Waals surface area (Å²) < 4.78 is 0. The maximum Gasteiger partial charge on any atom is 0.258 e. The van der Waals surface area contributed by atoms with Gasteiger partial charge in [-0.25, -0.2) is 9.97 Å². The van der Waals surface area contributed by atoms with Gasteiger partial charge >= 0.3 is 0 Å². The fourth-order valence-electron chi connectivity index (χ4n) is 2.06. The third-order valence-electron chi connectivity index (χ3n) is 2.98. The van der Waals surface area contributed by atoms with Crippen LogP contribution in [0.15, 0.2) is 24.3 Å². The topological polar surface area (TPSA) is 84.1 Å². The molecule has 0 aliphatic carbocycles. The van der Waals surface area contributed by atoms with E-state index < -0.39 is 0 Å². The Morgan fingerprint density at radius 2 is 1.76 bits per heavy atom. The van der Waals surface area contributed by atoms with Gasteiger partial charge in [0, 0.05) is 31.0 Å². The second-order valence-corrected chi connectivity index (χ2v) is 5.10. The van der Waals surface area contributed by atoms with E-state index in [1.54, 1.807) is 12.1 Å². The fraction of sp³-hybridized carbons (Fsp3) is 0.267. The first kappa shape index (κ1) is 14.8. The molecule has 0 fully saturated rings. The number of amides is 1. The molecule has 0 aliphatic rings. The van der Waals surface area contributed by atoms with Crippen LogP contribution in [0.25, 0.3) is 0 Å². The van der Waals surface area contributed by atoms with E-state index in [2.05, 4.69) is 15.3 Å². The average Bonchev–Trinajstić information content (AvgIpc) is 2.36. The Morgan fingerprint density at radius 1 is 1.14 bits per heavy atom. The maximum atomic E-state index is 12.2. The zero-order chi connectivity index (χ0) is 15.6. The Hall–Kier alpha value is -2.63. The molecule has 1 heterocycles. The number of anilines is 3. The predicted molar refractivity (Wildman–Crippen MR) is 84.6 cm³/mol. The van der Waals surface area contributed by atoms with Crippen LogP contribution in [-0.2, 0) is 0 Å². The molecule has 3 N–H and O–H groups in total. The highest BCUT2D eigenvalue weighted by atomic mass is 16.1. The minimum Gasteiger partial charge on any atom is -0.397 e. The van der Waals surface area contributed by atoms with Crippen LogP contribution >= 0.6 is 0 Å². The summed E-state index contributed by atoms with van der Waals surface area (Å²) in [5, 5.41) is 2.69. The SMILES string of the molecule is Cc1cc(C)nc(NC(=O)c2ccc(N(C)C)c(N)c2)n1. The number of hydrogen-bond donors (Lipinski definition) is 2. The van der Waals surface area contributed by atoms with Crippen LogP contribution in [0.5, 0.6) is 0 Å². The summed E-state index contributed by atoms with van der Waals surface area (Å²) in [5.41, 5.74) is 9.45. The first-order valence-corrected chi connectivity index (χ1v) is 6.57. The summed E-state index contributed by atoms with van der Waals surface area (Å²) in [5.74, 6) is 0.0183. The van der Waals surface area contributed by atoms with Crippen LogP contribution < -0.4 is 16.0 Å². The number of hydrogen-bond acceptors (Lipinski definition) is 5. The van der Waals surface area contributed by atoms with Gasteiger partial charge in [-0.3, -0.25) is 10.1 Å². The lowest BCUT2D eigenvalue weighted by Gasteiger charge is -2.15. The minimum atomic E-state index is -0.281. The maximum absolute atomic E-state index is 12.2. The standard InChI is InChI=1S/C15H19N5O/c1-9-7-10(2)18-15(17-9)19-14(21)11-5-6-13(20(3)4)12(16)8-11/h5-8H,16H2,1-4H3,(H,17,18,19,21). The van der Waals surface area contributed by atoms with Crippen LogP contribution in [0.3, 0.4) is 0 Å². The van der Waals surface area contributed by atoms with E-state index in [-0.39, 0.29) is 5.91 Å². The van der Waals surface area contributed by atoms with Crippen LogP contribution in [0.1, 0.15) is 21.7 Å². The van der Waals surface area contributed by atoms with E-state index in [1.165, 1.54) is 0 Å². The first-order chi connectivity index (χ1) is 9.86. The fourth-order valence-corrected chi connectivity index (χ4v) is 2.06. The molecule has 21 heavy (non-hydrogen) atoms. The van der Waals surface area contributed by atoms with Crippen molar-refractivity contribution >= 4 is 23.2 Å². The lowest BCUT2D eigenvalue weighted by atomic mass is 10.1. The van der Waals surface area contributed by atoms with Gasteiger partial charge in [0.05, 0.1) is 11.4 Å². The van der Waals surface area contributed by atoms with Gasteiger partial charge in [0.25, 0.3) is 5.91 Å². The zero-order valence-corrected chi connectivity index (χ0v) is 12.6. The van der Waals surface area contributed by atoms with Crippen molar-refractivity contribution in [3.63, 3.8) is 0 Å². The van der Waals surface area contributed by atoms with Gasteiger partial charge in [-0.15, -0.1) is 0 Å². The van der Waals surface area contributed by atoms with E-state index in [0.717, 1.165) is 17.1 Å². The number of nitrogen functional groups attached to an aromatic ring is 1. The van der Waals surface area contributed by atoms with Crippen LogP contribution in [0.4, 0.5) is 17.3 Å². The molecule has 110 valence electrons. The van der Waals surface area contributed by atoms with E-state index >= 15 is 0 Å². The molecule has 0 saturated heterocycles. The highest BCUT2D eigenvalue weighted by molar-refractivity contribution is 6.04. The van der Waals surface area contributed by atoms with Crippen molar-refractivity contribution in [3.05, 3.63) is 41.2 Å². The molecule has 0 radical (unpaired) electrons. The molecule has 2 rings (SSSR count). The van der Waals surface area contributed by atoms with Gasteiger partial charge in [-0.1, -0.05) is 0 Å². The third kappa shape index (κ3) is 3.47. The summed E-state index contributed by atoms with van der Waals surface area (Å²) >= 11 is 0. The molecular weight excluding hydrogens is 266 g/mol. The minimum absolute atomic E-state index is 0.281.